The maximum atomic E-state index is 12.4. The van der Waals surface area contributed by atoms with E-state index in [1.54, 1.807) is 25.1 Å². The minimum Gasteiger partial charge on any atom is -0.482 e. The third-order valence-electron chi connectivity index (χ3n) is 2.94. The van der Waals surface area contributed by atoms with Crippen molar-refractivity contribution in [2.24, 2.45) is 0 Å². The molecule has 2 heterocycles. The lowest BCUT2D eigenvalue weighted by atomic mass is 10.0. The highest BCUT2D eigenvalue weighted by Gasteiger charge is 2.22. The number of aryl methyl sites for hydroxylation is 1. The van der Waals surface area contributed by atoms with Crippen LogP contribution in [-0.2, 0) is 4.79 Å². The molecule has 3 rings (SSSR count). The van der Waals surface area contributed by atoms with Crippen LogP contribution in [0.15, 0.2) is 33.4 Å². The average Bonchev–Trinajstić information content (AvgIpc) is 2.84. The highest BCUT2D eigenvalue weighted by molar-refractivity contribution is 9.10. The van der Waals surface area contributed by atoms with Crippen LogP contribution in [0.2, 0.25) is 0 Å². The van der Waals surface area contributed by atoms with Crippen LogP contribution in [0.1, 0.15) is 21.7 Å². The number of nitrogens with one attached hydrogen (secondary N) is 1. The topological polar surface area (TPSA) is 68.5 Å². The zero-order valence-corrected chi connectivity index (χ0v) is 12.1. The second-order valence-electron chi connectivity index (χ2n) is 4.44. The first-order chi connectivity index (χ1) is 9.54. The molecule has 0 atom stereocenters. The summed E-state index contributed by atoms with van der Waals surface area (Å²) < 4.78 is 11.1. The van der Waals surface area contributed by atoms with Gasteiger partial charge in [0.25, 0.3) is 5.91 Å². The first kappa shape index (κ1) is 12.9. The molecule has 1 aromatic heterocycles. The molecule has 1 aromatic carbocycles. The summed E-state index contributed by atoms with van der Waals surface area (Å²) in [7, 11) is 0. The van der Waals surface area contributed by atoms with Crippen molar-refractivity contribution >= 4 is 33.3 Å². The van der Waals surface area contributed by atoms with Crippen LogP contribution in [0.4, 0.5) is 5.69 Å². The van der Waals surface area contributed by atoms with E-state index < -0.39 is 0 Å². The summed E-state index contributed by atoms with van der Waals surface area (Å²) in [6, 6.07) is 4.95. The number of amides is 1. The SMILES string of the molecule is Cc1cc(C(=O)c2cc3c(cc2Br)NC(=O)CO3)co1. The summed E-state index contributed by atoms with van der Waals surface area (Å²) in [5.74, 6) is 0.772. The van der Waals surface area contributed by atoms with Crippen LogP contribution < -0.4 is 10.1 Å². The normalized spacial score (nSPS) is 13.4. The molecule has 1 aliphatic heterocycles. The molecular formula is C14H10BrNO4. The Morgan fingerprint density at radius 2 is 2.15 bits per heavy atom. The number of carbonyl (C=O) groups is 2. The molecule has 5 nitrogen and oxygen atoms in total. The highest BCUT2D eigenvalue weighted by Crippen LogP contribution is 2.34. The molecule has 0 radical (unpaired) electrons. The fraction of sp³-hybridized carbons (Fsp3) is 0.143. The third-order valence-corrected chi connectivity index (χ3v) is 3.60. The zero-order chi connectivity index (χ0) is 14.3. The van der Waals surface area contributed by atoms with Gasteiger partial charge < -0.3 is 14.5 Å². The van der Waals surface area contributed by atoms with Crippen LogP contribution in [0.25, 0.3) is 0 Å². The van der Waals surface area contributed by atoms with Gasteiger partial charge in [0.1, 0.15) is 17.8 Å². The van der Waals surface area contributed by atoms with E-state index in [-0.39, 0.29) is 18.3 Å². The first-order valence-corrected chi connectivity index (χ1v) is 6.70. The molecule has 2 aromatic rings. The van der Waals surface area contributed by atoms with Crippen molar-refractivity contribution in [2.75, 3.05) is 11.9 Å². The standard InChI is InChI=1S/C14H10BrNO4/c1-7-2-8(5-19-7)14(18)9-3-12-11(4-10(9)15)16-13(17)6-20-12/h2-5H,6H2,1H3,(H,16,17). The second kappa shape index (κ2) is 4.79. The fourth-order valence-corrected chi connectivity index (χ4v) is 2.52. The molecule has 0 aliphatic carbocycles. The summed E-state index contributed by atoms with van der Waals surface area (Å²) >= 11 is 3.34. The predicted octanol–water partition coefficient (Wildman–Crippen LogP) is 2.91. The van der Waals surface area contributed by atoms with Gasteiger partial charge in [-0.05, 0) is 41.1 Å². The summed E-state index contributed by atoms with van der Waals surface area (Å²) in [5.41, 5.74) is 1.48. The first-order valence-electron chi connectivity index (χ1n) is 5.90. The Morgan fingerprint density at radius 3 is 2.85 bits per heavy atom. The smallest absolute Gasteiger partial charge is 0.262 e. The average molecular weight is 336 g/mol. The molecule has 1 N–H and O–H groups in total. The van der Waals surface area contributed by atoms with Crippen LogP contribution in [-0.4, -0.2) is 18.3 Å². The van der Waals surface area contributed by atoms with Gasteiger partial charge in [0.05, 0.1) is 11.3 Å². The van der Waals surface area contributed by atoms with Crippen LogP contribution >= 0.6 is 15.9 Å². The van der Waals surface area contributed by atoms with Crippen molar-refractivity contribution in [1.29, 1.82) is 0 Å². The Bertz CT molecular complexity index is 720. The van der Waals surface area contributed by atoms with Crippen molar-refractivity contribution in [1.82, 2.24) is 0 Å². The molecule has 0 saturated heterocycles. The minimum atomic E-state index is -0.214. The third kappa shape index (κ3) is 2.22. The van der Waals surface area contributed by atoms with Gasteiger partial charge in [-0.15, -0.1) is 0 Å². The van der Waals surface area contributed by atoms with Gasteiger partial charge in [-0.25, -0.2) is 0 Å². The molecule has 1 amide bonds. The van der Waals surface area contributed by atoms with Crippen molar-refractivity contribution in [3.05, 3.63) is 45.8 Å². The Hall–Kier alpha value is -2.08. The van der Waals surface area contributed by atoms with Crippen molar-refractivity contribution in [3.63, 3.8) is 0 Å². The maximum Gasteiger partial charge on any atom is 0.262 e. The molecule has 20 heavy (non-hydrogen) atoms. The van der Waals surface area contributed by atoms with E-state index in [1.165, 1.54) is 6.26 Å². The lowest BCUT2D eigenvalue weighted by Crippen LogP contribution is -2.25. The monoisotopic (exact) mass is 335 g/mol. The summed E-state index contributed by atoms with van der Waals surface area (Å²) in [6.07, 6.45) is 1.42. The van der Waals surface area contributed by atoms with Gasteiger partial charge in [-0.1, -0.05) is 0 Å². The number of anilines is 1. The molecule has 6 heteroatoms. The van der Waals surface area contributed by atoms with Crippen LogP contribution in [0.3, 0.4) is 0 Å². The molecular weight excluding hydrogens is 326 g/mol. The van der Waals surface area contributed by atoms with Gasteiger partial charge in [0.15, 0.2) is 12.4 Å². The quantitative estimate of drug-likeness (QED) is 0.857. The summed E-state index contributed by atoms with van der Waals surface area (Å²) in [6.45, 7) is 1.73. The van der Waals surface area contributed by atoms with Gasteiger partial charge in [-0.3, -0.25) is 9.59 Å². The van der Waals surface area contributed by atoms with Gasteiger partial charge in [0.2, 0.25) is 0 Å². The lowest BCUT2D eigenvalue weighted by molar-refractivity contribution is -0.118. The molecule has 0 unspecified atom stereocenters. The number of ketones is 1. The van der Waals surface area contributed by atoms with Crippen LogP contribution in [0.5, 0.6) is 5.75 Å². The van der Waals surface area contributed by atoms with Gasteiger partial charge in [0, 0.05) is 10.0 Å². The molecule has 0 fully saturated rings. The van der Waals surface area contributed by atoms with E-state index in [0.717, 1.165) is 0 Å². The maximum absolute atomic E-state index is 12.4. The number of benzene rings is 1. The van der Waals surface area contributed by atoms with Gasteiger partial charge in [-0.2, -0.15) is 0 Å². The number of rotatable bonds is 2. The van der Waals surface area contributed by atoms with Crippen LogP contribution in [0, 0.1) is 6.92 Å². The Kier molecular flexibility index (Phi) is 3.10. The number of halogens is 1. The van der Waals surface area contributed by atoms with Crippen molar-refractivity contribution < 1.29 is 18.7 Å². The van der Waals surface area contributed by atoms with E-state index in [4.69, 9.17) is 9.15 Å². The molecule has 0 bridgehead atoms. The minimum absolute atomic E-state index is 0.0485. The predicted molar refractivity (Wildman–Crippen MR) is 75.1 cm³/mol. The van der Waals surface area contributed by atoms with E-state index in [1.807, 2.05) is 0 Å². The molecule has 0 saturated carbocycles. The highest BCUT2D eigenvalue weighted by atomic mass is 79.9. The number of furan rings is 1. The number of hydrogen-bond donors (Lipinski definition) is 1. The lowest BCUT2D eigenvalue weighted by Gasteiger charge is -2.19. The second-order valence-corrected chi connectivity index (χ2v) is 5.29. The number of carbonyl (C=O) groups excluding carboxylic acids is 2. The van der Waals surface area contributed by atoms with E-state index in [9.17, 15) is 9.59 Å². The molecule has 102 valence electrons. The van der Waals surface area contributed by atoms with Gasteiger partial charge >= 0.3 is 0 Å². The largest absolute Gasteiger partial charge is 0.482 e. The fourth-order valence-electron chi connectivity index (χ4n) is 1.99. The zero-order valence-electron chi connectivity index (χ0n) is 10.5. The van der Waals surface area contributed by atoms with Crippen molar-refractivity contribution in [2.45, 2.75) is 6.92 Å². The van der Waals surface area contributed by atoms with E-state index >= 15 is 0 Å². The van der Waals surface area contributed by atoms with Crippen molar-refractivity contribution in [3.8, 4) is 5.75 Å². The molecule has 1 aliphatic rings. The van der Waals surface area contributed by atoms with E-state index in [2.05, 4.69) is 21.2 Å². The number of ether oxygens (including phenoxy) is 1. The summed E-state index contributed by atoms with van der Waals surface area (Å²) in [4.78, 5) is 23.6. The Labute approximate surface area is 123 Å². The van der Waals surface area contributed by atoms with E-state index in [0.29, 0.717) is 32.8 Å². The number of fused-ring (bicyclic) bond motifs is 1. The summed E-state index contributed by atoms with van der Waals surface area (Å²) in [5, 5.41) is 2.69. The number of hydrogen-bond acceptors (Lipinski definition) is 4. The Balaban J connectivity index is 2.02. The Morgan fingerprint density at radius 1 is 1.35 bits per heavy atom. The molecule has 0 spiro atoms.